The molecule has 0 radical (unpaired) electrons. The van der Waals surface area contributed by atoms with Crippen LogP contribution in [-0.4, -0.2) is 16.6 Å². The van der Waals surface area contributed by atoms with Gasteiger partial charge in [-0.2, -0.15) is 4.98 Å². The predicted molar refractivity (Wildman–Crippen MR) is 81.1 cm³/mol. The van der Waals surface area contributed by atoms with Crippen LogP contribution in [0.1, 0.15) is 30.2 Å². The molecule has 1 N–H and O–H groups in total. The quantitative estimate of drug-likeness (QED) is 0.873. The standard InChI is InChI=1S/C16H21N3O/c1-4-8-20-15-10-13(3)18-16(19-15)17-11-14-7-5-6-12(2)9-14/h5-7,9-10H,4,8,11H2,1-3H3,(H,17,18,19). The molecule has 0 unspecified atom stereocenters. The zero-order valence-electron chi connectivity index (χ0n) is 12.3. The Balaban J connectivity index is 2.03. The number of hydrogen-bond acceptors (Lipinski definition) is 4. The molecule has 1 aromatic carbocycles. The van der Waals surface area contributed by atoms with Crippen molar-refractivity contribution in [2.24, 2.45) is 0 Å². The Bertz CT molecular complexity index is 569. The number of aryl methyl sites for hydroxylation is 2. The third-order valence-corrected chi connectivity index (χ3v) is 2.82. The van der Waals surface area contributed by atoms with Crippen LogP contribution in [0.4, 0.5) is 5.95 Å². The summed E-state index contributed by atoms with van der Waals surface area (Å²) >= 11 is 0. The Labute approximate surface area is 120 Å². The number of rotatable bonds is 6. The fourth-order valence-corrected chi connectivity index (χ4v) is 1.90. The molecule has 106 valence electrons. The average Bonchev–Trinajstić information content (AvgIpc) is 2.42. The van der Waals surface area contributed by atoms with E-state index in [1.165, 1.54) is 11.1 Å². The van der Waals surface area contributed by atoms with Gasteiger partial charge in [0, 0.05) is 18.3 Å². The van der Waals surface area contributed by atoms with Crippen molar-refractivity contribution in [1.29, 1.82) is 0 Å². The van der Waals surface area contributed by atoms with E-state index in [0.717, 1.165) is 12.1 Å². The summed E-state index contributed by atoms with van der Waals surface area (Å²) in [6.45, 7) is 7.48. The Morgan fingerprint density at radius 2 is 2.00 bits per heavy atom. The SMILES string of the molecule is CCCOc1cc(C)nc(NCc2cccc(C)c2)n1. The van der Waals surface area contributed by atoms with E-state index >= 15 is 0 Å². The van der Waals surface area contributed by atoms with Gasteiger partial charge in [0.05, 0.1) is 6.61 Å². The topological polar surface area (TPSA) is 47.0 Å². The molecular formula is C16H21N3O. The van der Waals surface area contributed by atoms with Crippen molar-refractivity contribution in [2.75, 3.05) is 11.9 Å². The van der Waals surface area contributed by atoms with Crippen LogP contribution in [0.2, 0.25) is 0 Å². The minimum absolute atomic E-state index is 0.609. The van der Waals surface area contributed by atoms with E-state index in [0.29, 0.717) is 25.0 Å². The lowest BCUT2D eigenvalue weighted by molar-refractivity contribution is 0.305. The molecule has 0 aliphatic heterocycles. The van der Waals surface area contributed by atoms with Gasteiger partial charge in [-0.05, 0) is 25.8 Å². The lowest BCUT2D eigenvalue weighted by atomic mass is 10.1. The van der Waals surface area contributed by atoms with Crippen molar-refractivity contribution < 1.29 is 4.74 Å². The van der Waals surface area contributed by atoms with Gasteiger partial charge >= 0.3 is 0 Å². The van der Waals surface area contributed by atoms with E-state index in [1.54, 1.807) is 0 Å². The normalized spacial score (nSPS) is 10.3. The van der Waals surface area contributed by atoms with E-state index in [2.05, 4.69) is 53.4 Å². The number of nitrogens with zero attached hydrogens (tertiary/aromatic N) is 2. The highest BCUT2D eigenvalue weighted by Crippen LogP contribution is 2.13. The smallest absolute Gasteiger partial charge is 0.226 e. The highest BCUT2D eigenvalue weighted by Gasteiger charge is 2.03. The van der Waals surface area contributed by atoms with Crippen molar-refractivity contribution in [3.05, 3.63) is 47.2 Å². The molecule has 0 bridgehead atoms. The van der Waals surface area contributed by atoms with Gasteiger partial charge in [0.15, 0.2) is 0 Å². The zero-order valence-corrected chi connectivity index (χ0v) is 12.3. The number of anilines is 1. The molecule has 0 saturated carbocycles. The summed E-state index contributed by atoms with van der Waals surface area (Å²) in [6.07, 6.45) is 0.967. The molecule has 4 nitrogen and oxygen atoms in total. The van der Waals surface area contributed by atoms with E-state index in [4.69, 9.17) is 4.74 Å². The van der Waals surface area contributed by atoms with Crippen LogP contribution in [-0.2, 0) is 6.54 Å². The first kappa shape index (κ1) is 14.3. The fraction of sp³-hybridized carbons (Fsp3) is 0.375. The van der Waals surface area contributed by atoms with Gasteiger partial charge in [0.2, 0.25) is 11.8 Å². The first-order valence-corrected chi connectivity index (χ1v) is 6.95. The molecule has 20 heavy (non-hydrogen) atoms. The van der Waals surface area contributed by atoms with Gasteiger partial charge < -0.3 is 10.1 Å². The van der Waals surface area contributed by atoms with Gasteiger partial charge in [0.1, 0.15) is 0 Å². The second-order valence-electron chi connectivity index (χ2n) is 4.86. The summed E-state index contributed by atoms with van der Waals surface area (Å²) in [6, 6.07) is 10.2. The maximum atomic E-state index is 5.56. The molecule has 2 aromatic rings. The number of aromatic nitrogens is 2. The molecule has 1 aromatic heterocycles. The lowest BCUT2D eigenvalue weighted by Gasteiger charge is -2.09. The molecule has 0 fully saturated rings. The molecule has 2 rings (SSSR count). The van der Waals surface area contributed by atoms with Crippen molar-refractivity contribution in [3.8, 4) is 5.88 Å². The van der Waals surface area contributed by atoms with Gasteiger partial charge in [-0.25, -0.2) is 4.98 Å². The summed E-state index contributed by atoms with van der Waals surface area (Å²) in [4.78, 5) is 8.74. The summed E-state index contributed by atoms with van der Waals surface area (Å²) < 4.78 is 5.56. The molecule has 4 heteroatoms. The molecule has 0 amide bonds. The Kier molecular flexibility index (Phi) is 4.93. The first-order chi connectivity index (χ1) is 9.67. The van der Waals surface area contributed by atoms with Gasteiger partial charge in [-0.3, -0.25) is 0 Å². The van der Waals surface area contributed by atoms with Crippen LogP contribution in [0.3, 0.4) is 0 Å². The van der Waals surface area contributed by atoms with Gasteiger partial charge in [0.25, 0.3) is 0 Å². The largest absolute Gasteiger partial charge is 0.478 e. The molecule has 0 spiro atoms. The van der Waals surface area contributed by atoms with Crippen molar-refractivity contribution in [3.63, 3.8) is 0 Å². The number of hydrogen-bond donors (Lipinski definition) is 1. The van der Waals surface area contributed by atoms with Crippen LogP contribution < -0.4 is 10.1 Å². The Morgan fingerprint density at radius 1 is 1.15 bits per heavy atom. The van der Waals surface area contributed by atoms with E-state index in [-0.39, 0.29) is 0 Å². The molecule has 0 saturated heterocycles. The monoisotopic (exact) mass is 271 g/mol. The Morgan fingerprint density at radius 3 is 2.75 bits per heavy atom. The second kappa shape index (κ2) is 6.89. The van der Waals surface area contributed by atoms with Crippen LogP contribution in [0, 0.1) is 13.8 Å². The van der Waals surface area contributed by atoms with Gasteiger partial charge in [-0.1, -0.05) is 36.8 Å². The second-order valence-corrected chi connectivity index (χ2v) is 4.86. The summed E-state index contributed by atoms with van der Waals surface area (Å²) in [5, 5.41) is 3.24. The molecular weight excluding hydrogens is 250 g/mol. The summed E-state index contributed by atoms with van der Waals surface area (Å²) in [5.74, 6) is 1.24. The minimum Gasteiger partial charge on any atom is -0.478 e. The third kappa shape index (κ3) is 4.23. The molecule has 0 aliphatic carbocycles. The first-order valence-electron chi connectivity index (χ1n) is 6.95. The van der Waals surface area contributed by atoms with E-state index in [1.807, 2.05) is 13.0 Å². The van der Waals surface area contributed by atoms with E-state index < -0.39 is 0 Å². The summed E-state index contributed by atoms with van der Waals surface area (Å²) in [7, 11) is 0. The van der Waals surface area contributed by atoms with Crippen LogP contribution >= 0.6 is 0 Å². The van der Waals surface area contributed by atoms with Crippen LogP contribution in [0.25, 0.3) is 0 Å². The predicted octanol–water partition coefficient (Wildman–Crippen LogP) is 3.49. The lowest BCUT2D eigenvalue weighted by Crippen LogP contribution is -2.06. The summed E-state index contributed by atoms with van der Waals surface area (Å²) in [5.41, 5.74) is 3.37. The number of ether oxygens (including phenoxy) is 1. The maximum absolute atomic E-state index is 5.56. The van der Waals surface area contributed by atoms with E-state index in [9.17, 15) is 0 Å². The van der Waals surface area contributed by atoms with Gasteiger partial charge in [-0.15, -0.1) is 0 Å². The average molecular weight is 271 g/mol. The Hall–Kier alpha value is -2.10. The molecule has 1 heterocycles. The van der Waals surface area contributed by atoms with Crippen LogP contribution in [0.15, 0.2) is 30.3 Å². The molecule has 0 atom stereocenters. The molecule has 0 aliphatic rings. The maximum Gasteiger partial charge on any atom is 0.226 e. The number of nitrogens with one attached hydrogen (secondary N) is 1. The highest BCUT2D eigenvalue weighted by molar-refractivity contribution is 5.33. The highest BCUT2D eigenvalue weighted by atomic mass is 16.5. The zero-order chi connectivity index (χ0) is 14.4. The van der Waals surface area contributed by atoms with Crippen molar-refractivity contribution in [1.82, 2.24) is 9.97 Å². The van der Waals surface area contributed by atoms with Crippen LogP contribution in [0.5, 0.6) is 5.88 Å². The third-order valence-electron chi connectivity index (χ3n) is 2.82. The number of benzene rings is 1. The fourth-order valence-electron chi connectivity index (χ4n) is 1.90. The van der Waals surface area contributed by atoms with Crippen molar-refractivity contribution >= 4 is 5.95 Å². The van der Waals surface area contributed by atoms with Crippen molar-refractivity contribution in [2.45, 2.75) is 33.7 Å². The minimum atomic E-state index is 0.609.